The number of hydrogen-bond donors (Lipinski definition) is 0. The molecule has 0 radical (unpaired) electrons. The third kappa shape index (κ3) is 1.89. The average molecular weight is 195 g/mol. The van der Waals surface area contributed by atoms with Crippen LogP contribution in [-0.4, -0.2) is 0 Å². The first-order valence-corrected chi connectivity index (χ1v) is 3.80. The van der Waals surface area contributed by atoms with E-state index in [1.54, 1.807) is 0 Å². The number of benzene rings is 1. The molecule has 0 fully saturated rings. The zero-order valence-electron chi connectivity index (χ0n) is 5.69. The Labute approximate surface area is 69.4 Å². The highest BCUT2D eigenvalue weighted by Crippen LogP contribution is 2.01. The Balaban J connectivity index is 3.03. The molecular weight excluding hydrogens is 188 g/mol. The smallest absolute Gasteiger partial charge is 0.0256 e. The van der Waals surface area contributed by atoms with Crippen molar-refractivity contribution >= 4 is 15.9 Å². The summed E-state index contributed by atoms with van der Waals surface area (Å²) in [5, 5.41) is 0. The van der Waals surface area contributed by atoms with Gasteiger partial charge >= 0.3 is 0 Å². The van der Waals surface area contributed by atoms with Gasteiger partial charge in [0.25, 0.3) is 0 Å². The maximum atomic E-state index is 3.05. The molecule has 0 saturated carbocycles. The lowest BCUT2D eigenvalue weighted by Crippen LogP contribution is -1.74. The first-order valence-electron chi connectivity index (χ1n) is 3.01. The van der Waals surface area contributed by atoms with E-state index in [2.05, 4.69) is 39.7 Å². The zero-order chi connectivity index (χ0) is 7.40. The Kier molecular flexibility index (Phi) is 2.53. The number of halogens is 1. The van der Waals surface area contributed by atoms with Crippen molar-refractivity contribution < 1.29 is 0 Å². The van der Waals surface area contributed by atoms with Gasteiger partial charge in [0.1, 0.15) is 0 Å². The first kappa shape index (κ1) is 7.37. The molecular formula is C9H7Br. The van der Waals surface area contributed by atoms with E-state index < -0.39 is 0 Å². The van der Waals surface area contributed by atoms with Crippen LogP contribution < -0.4 is 0 Å². The van der Waals surface area contributed by atoms with Crippen molar-refractivity contribution in [2.45, 2.75) is 6.92 Å². The predicted molar refractivity (Wildman–Crippen MR) is 47.0 cm³/mol. The quantitative estimate of drug-likeness (QED) is 0.558. The molecule has 1 rings (SSSR count). The van der Waals surface area contributed by atoms with Gasteiger partial charge in [-0.1, -0.05) is 18.1 Å². The van der Waals surface area contributed by atoms with Crippen molar-refractivity contribution in [1.29, 1.82) is 0 Å². The summed E-state index contributed by atoms with van der Waals surface area (Å²) < 4.78 is 0. The fourth-order valence-corrected chi connectivity index (χ4v) is 1.01. The lowest BCUT2D eigenvalue weighted by molar-refractivity contribution is 1.46. The average Bonchev–Trinajstić information content (AvgIpc) is 1.88. The van der Waals surface area contributed by atoms with E-state index in [0.29, 0.717) is 0 Å². The molecule has 0 N–H and O–H groups in total. The largest absolute Gasteiger partial charge is 0.0608 e. The van der Waals surface area contributed by atoms with Crippen LogP contribution in [-0.2, 0) is 0 Å². The lowest BCUT2D eigenvalue weighted by atomic mass is 10.1. The van der Waals surface area contributed by atoms with Crippen molar-refractivity contribution in [3.8, 4) is 10.8 Å². The minimum atomic E-state index is 1.05. The van der Waals surface area contributed by atoms with Crippen LogP contribution in [0.5, 0.6) is 0 Å². The van der Waals surface area contributed by atoms with Crippen molar-refractivity contribution in [2.75, 3.05) is 0 Å². The van der Waals surface area contributed by atoms with Gasteiger partial charge in [-0.15, -0.1) is 0 Å². The van der Waals surface area contributed by atoms with E-state index in [9.17, 15) is 0 Å². The Hall–Kier alpha value is -0.740. The van der Waals surface area contributed by atoms with Crippen LogP contribution in [0.1, 0.15) is 11.1 Å². The number of hydrogen-bond acceptors (Lipinski definition) is 0. The topological polar surface area (TPSA) is 0 Å². The van der Waals surface area contributed by atoms with Crippen LogP contribution in [0.2, 0.25) is 0 Å². The van der Waals surface area contributed by atoms with Crippen molar-refractivity contribution in [1.82, 2.24) is 0 Å². The summed E-state index contributed by atoms with van der Waals surface area (Å²) in [5.74, 6) is 2.92. The summed E-state index contributed by atoms with van der Waals surface area (Å²) in [4.78, 5) is 2.67. The molecule has 0 saturated heterocycles. The van der Waals surface area contributed by atoms with Crippen LogP contribution in [0.15, 0.2) is 24.3 Å². The Morgan fingerprint density at radius 1 is 1.40 bits per heavy atom. The molecule has 10 heavy (non-hydrogen) atoms. The van der Waals surface area contributed by atoms with Crippen LogP contribution in [0, 0.1) is 17.7 Å². The van der Waals surface area contributed by atoms with Crippen molar-refractivity contribution in [2.24, 2.45) is 0 Å². The van der Waals surface area contributed by atoms with Crippen LogP contribution >= 0.6 is 15.9 Å². The highest BCUT2D eigenvalue weighted by molar-refractivity contribution is 9.12. The summed E-state index contributed by atoms with van der Waals surface area (Å²) in [7, 11) is 0. The standard InChI is InChI=1S/C9H7Br/c1-8-3-2-4-9(7-8)5-6-10/h2-4,7H,1H3. The predicted octanol–water partition coefficient (Wildman–Crippen LogP) is 2.70. The molecule has 0 amide bonds. The Morgan fingerprint density at radius 3 is 2.80 bits per heavy atom. The summed E-state index contributed by atoms with van der Waals surface area (Å²) in [6.45, 7) is 2.05. The van der Waals surface area contributed by atoms with Crippen molar-refractivity contribution in [3.05, 3.63) is 35.4 Å². The fourth-order valence-electron chi connectivity index (χ4n) is 0.777. The molecule has 0 aromatic heterocycles. The second-order valence-electron chi connectivity index (χ2n) is 2.09. The second kappa shape index (κ2) is 3.43. The summed E-state index contributed by atoms with van der Waals surface area (Å²) >= 11 is 3.05. The van der Waals surface area contributed by atoms with Crippen LogP contribution in [0.25, 0.3) is 0 Å². The van der Waals surface area contributed by atoms with E-state index in [1.165, 1.54) is 5.56 Å². The molecule has 0 aliphatic rings. The SMILES string of the molecule is Cc1cccc(C#CBr)c1. The molecule has 50 valence electrons. The van der Waals surface area contributed by atoms with Crippen LogP contribution in [0.4, 0.5) is 0 Å². The van der Waals surface area contributed by atoms with Crippen molar-refractivity contribution in [3.63, 3.8) is 0 Å². The van der Waals surface area contributed by atoms with E-state index in [1.807, 2.05) is 18.2 Å². The summed E-state index contributed by atoms with van der Waals surface area (Å²) in [5.41, 5.74) is 2.30. The highest BCUT2D eigenvalue weighted by atomic mass is 79.9. The minimum absolute atomic E-state index is 1.05. The number of rotatable bonds is 0. The number of aryl methyl sites for hydroxylation is 1. The maximum absolute atomic E-state index is 3.05. The van der Waals surface area contributed by atoms with Gasteiger partial charge in [0.2, 0.25) is 0 Å². The van der Waals surface area contributed by atoms with E-state index >= 15 is 0 Å². The molecule has 0 bridgehead atoms. The third-order valence-electron chi connectivity index (χ3n) is 1.21. The molecule has 0 atom stereocenters. The van der Waals surface area contributed by atoms with E-state index in [-0.39, 0.29) is 0 Å². The first-order chi connectivity index (χ1) is 4.83. The molecule has 0 spiro atoms. The molecule has 0 aliphatic carbocycles. The van der Waals surface area contributed by atoms with Gasteiger partial charge in [-0.05, 0) is 29.4 Å². The van der Waals surface area contributed by atoms with Gasteiger partial charge < -0.3 is 0 Å². The van der Waals surface area contributed by atoms with Gasteiger partial charge in [0.05, 0.1) is 0 Å². The molecule has 1 heteroatoms. The van der Waals surface area contributed by atoms with Gasteiger partial charge in [-0.2, -0.15) is 0 Å². The Bertz CT molecular complexity index is 278. The third-order valence-corrected chi connectivity index (χ3v) is 1.41. The molecule has 0 unspecified atom stereocenters. The van der Waals surface area contributed by atoms with Crippen LogP contribution in [0.3, 0.4) is 0 Å². The van der Waals surface area contributed by atoms with Gasteiger partial charge in [0, 0.05) is 21.5 Å². The fraction of sp³-hybridized carbons (Fsp3) is 0.111. The monoisotopic (exact) mass is 194 g/mol. The molecule has 1 aromatic carbocycles. The van der Waals surface area contributed by atoms with E-state index in [0.717, 1.165) is 5.56 Å². The zero-order valence-corrected chi connectivity index (χ0v) is 7.27. The molecule has 0 nitrogen and oxygen atoms in total. The Morgan fingerprint density at radius 2 is 2.20 bits per heavy atom. The maximum Gasteiger partial charge on any atom is 0.0256 e. The van der Waals surface area contributed by atoms with Gasteiger partial charge in [0.15, 0.2) is 0 Å². The minimum Gasteiger partial charge on any atom is -0.0608 e. The normalized spacial score (nSPS) is 8.20. The molecule has 0 heterocycles. The second-order valence-corrected chi connectivity index (χ2v) is 2.49. The molecule has 1 aromatic rings. The molecule has 0 aliphatic heterocycles. The summed E-state index contributed by atoms with van der Waals surface area (Å²) in [6.07, 6.45) is 0. The lowest BCUT2D eigenvalue weighted by Gasteiger charge is -1.90. The summed E-state index contributed by atoms with van der Waals surface area (Å²) in [6, 6.07) is 8.09. The highest BCUT2D eigenvalue weighted by Gasteiger charge is 1.84. The van der Waals surface area contributed by atoms with E-state index in [4.69, 9.17) is 0 Å². The van der Waals surface area contributed by atoms with Gasteiger partial charge in [-0.25, -0.2) is 0 Å². The van der Waals surface area contributed by atoms with Gasteiger partial charge in [-0.3, -0.25) is 0 Å².